The molecule has 1 atom stereocenters. The molecule has 0 aliphatic rings. The summed E-state index contributed by atoms with van der Waals surface area (Å²) in [6.45, 7) is 4.26. The van der Waals surface area contributed by atoms with E-state index in [4.69, 9.17) is 17.3 Å². The quantitative estimate of drug-likeness (QED) is 0.893. The molecule has 0 fully saturated rings. The molecule has 0 amide bonds. The molecule has 19 heavy (non-hydrogen) atoms. The van der Waals surface area contributed by atoms with Gasteiger partial charge in [0.05, 0.1) is 0 Å². The van der Waals surface area contributed by atoms with Crippen molar-refractivity contribution in [1.82, 2.24) is 0 Å². The van der Waals surface area contributed by atoms with Crippen LogP contribution in [0.5, 0.6) is 0 Å². The van der Waals surface area contributed by atoms with Gasteiger partial charge in [0.2, 0.25) is 0 Å². The maximum absolute atomic E-state index is 6.26. The Bertz CT molecular complexity index is 546. The maximum atomic E-state index is 6.26. The van der Waals surface area contributed by atoms with E-state index in [2.05, 4.69) is 32.0 Å². The first kappa shape index (κ1) is 14.1. The third-order valence-corrected chi connectivity index (χ3v) is 3.65. The normalized spacial score (nSPS) is 12.4. The van der Waals surface area contributed by atoms with Crippen molar-refractivity contribution in [3.05, 3.63) is 69.7 Å². The molecule has 2 heteroatoms. The lowest BCUT2D eigenvalue weighted by Crippen LogP contribution is -2.25. The van der Waals surface area contributed by atoms with Crippen LogP contribution < -0.4 is 5.73 Å². The summed E-state index contributed by atoms with van der Waals surface area (Å²) in [5.41, 5.74) is 11.5. The fourth-order valence-electron chi connectivity index (χ4n) is 2.30. The monoisotopic (exact) mass is 273 g/mol. The van der Waals surface area contributed by atoms with Crippen LogP contribution in [0.2, 0.25) is 5.02 Å². The Labute approximate surface area is 120 Å². The first-order valence-electron chi connectivity index (χ1n) is 6.61. The molecule has 0 aliphatic heterocycles. The second kappa shape index (κ2) is 6.23. The number of rotatable bonds is 4. The van der Waals surface area contributed by atoms with Crippen molar-refractivity contribution < 1.29 is 0 Å². The van der Waals surface area contributed by atoms with E-state index in [1.165, 1.54) is 22.3 Å². The van der Waals surface area contributed by atoms with Crippen LogP contribution in [-0.2, 0) is 12.8 Å². The smallest absolute Gasteiger partial charge is 0.0406 e. The minimum atomic E-state index is 0.140. The lowest BCUT2D eigenvalue weighted by atomic mass is 9.96. The van der Waals surface area contributed by atoms with Gasteiger partial charge in [0.15, 0.2) is 0 Å². The summed E-state index contributed by atoms with van der Waals surface area (Å²) in [4.78, 5) is 0. The molecule has 100 valence electrons. The van der Waals surface area contributed by atoms with Crippen LogP contribution in [0.1, 0.15) is 22.3 Å². The Morgan fingerprint density at radius 1 is 1.00 bits per heavy atom. The summed E-state index contributed by atoms with van der Waals surface area (Å²) in [5.74, 6) is 0. The fourth-order valence-corrected chi connectivity index (χ4v) is 2.42. The van der Waals surface area contributed by atoms with Crippen molar-refractivity contribution in [2.75, 3.05) is 0 Å². The van der Waals surface area contributed by atoms with Crippen LogP contribution in [0.3, 0.4) is 0 Å². The summed E-state index contributed by atoms with van der Waals surface area (Å²) in [5, 5.41) is 0.770. The number of aryl methyl sites for hydroxylation is 2. The number of hydrogen-bond acceptors (Lipinski definition) is 1. The van der Waals surface area contributed by atoms with Gasteiger partial charge in [-0.25, -0.2) is 0 Å². The minimum Gasteiger partial charge on any atom is -0.327 e. The molecular formula is C17H20ClN. The van der Waals surface area contributed by atoms with E-state index in [1.807, 2.05) is 24.3 Å². The second-order valence-electron chi connectivity index (χ2n) is 5.22. The van der Waals surface area contributed by atoms with Crippen LogP contribution in [0.25, 0.3) is 0 Å². The highest BCUT2D eigenvalue weighted by Gasteiger charge is 2.08. The Morgan fingerprint density at radius 3 is 2.37 bits per heavy atom. The predicted octanol–water partition coefficient (Wildman–Crippen LogP) is 4.07. The van der Waals surface area contributed by atoms with Gasteiger partial charge in [-0.1, -0.05) is 47.5 Å². The van der Waals surface area contributed by atoms with E-state index >= 15 is 0 Å². The van der Waals surface area contributed by atoms with Crippen LogP contribution in [-0.4, -0.2) is 6.04 Å². The van der Waals surface area contributed by atoms with Crippen molar-refractivity contribution >= 4 is 11.6 Å². The zero-order valence-corrected chi connectivity index (χ0v) is 12.2. The van der Waals surface area contributed by atoms with Gasteiger partial charge in [0.25, 0.3) is 0 Å². The predicted molar refractivity (Wildman–Crippen MR) is 82.8 cm³/mol. The molecule has 0 aliphatic carbocycles. The van der Waals surface area contributed by atoms with Crippen molar-refractivity contribution in [3.8, 4) is 0 Å². The van der Waals surface area contributed by atoms with Crippen LogP contribution in [0, 0.1) is 13.8 Å². The lowest BCUT2D eigenvalue weighted by Gasteiger charge is -2.14. The van der Waals surface area contributed by atoms with Crippen molar-refractivity contribution in [3.63, 3.8) is 0 Å². The van der Waals surface area contributed by atoms with Gasteiger partial charge in [-0.2, -0.15) is 0 Å². The maximum Gasteiger partial charge on any atom is 0.0406 e. The van der Waals surface area contributed by atoms with Crippen LogP contribution in [0.15, 0.2) is 42.5 Å². The molecular weight excluding hydrogens is 254 g/mol. The standard InChI is InChI=1S/C17H20ClN/c1-12-3-4-13(2)15(9-12)11-17(19)10-14-5-7-16(18)8-6-14/h3-9,17H,10-11,19H2,1-2H3. The molecule has 0 saturated heterocycles. The molecule has 0 aromatic heterocycles. The van der Waals surface area contributed by atoms with Gasteiger partial charge in [-0.3, -0.25) is 0 Å². The molecule has 2 N–H and O–H groups in total. The Hall–Kier alpha value is -1.31. The third-order valence-electron chi connectivity index (χ3n) is 3.40. The van der Waals surface area contributed by atoms with E-state index in [0.717, 1.165) is 17.9 Å². The summed E-state index contributed by atoms with van der Waals surface area (Å²) < 4.78 is 0. The van der Waals surface area contributed by atoms with Crippen molar-refractivity contribution in [2.45, 2.75) is 32.7 Å². The zero-order chi connectivity index (χ0) is 13.8. The fraction of sp³-hybridized carbons (Fsp3) is 0.294. The first-order chi connectivity index (χ1) is 9.04. The summed E-state index contributed by atoms with van der Waals surface area (Å²) in [7, 11) is 0. The average Bonchev–Trinajstić information content (AvgIpc) is 2.37. The third kappa shape index (κ3) is 4.09. The molecule has 0 bridgehead atoms. The van der Waals surface area contributed by atoms with E-state index in [-0.39, 0.29) is 6.04 Å². The molecule has 1 unspecified atom stereocenters. The average molecular weight is 274 g/mol. The molecule has 1 nitrogen and oxygen atoms in total. The van der Waals surface area contributed by atoms with Gasteiger partial charge in [0.1, 0.15) is 0 Å². The summed E-state index contributed by atoms with van der Waals surface area (Å²) >= 11 is 5.88. The van der Waals surface area contributed by atoms with E-state index in [0.29, 0.717) is 0 Å². The number of hydrogen-bond donors (Lipinski definition) is 1. The van der Waals surface area contributed by atoms with Crippen molar-refractivity contribution in [1.29, 1.82) is 0 Å². The van der Waals surface area contributed by atoms with Gasteiger partial charge < -0.3 is 5.73 Å². The largest absolute Gasteiger partial charge is 0.327 e. The van der Waals surface area contributed by atoms with Crippen molar-refractivity contribution in [2.24, 2.45) is 5.73 Å². The molecule has 0 saturated carbocycles. The van der Waals surface area contributed by atoms with Gasteiger partial charge >= 0.3 is 0 Å². The molecule has 2 aromatic carbocycles. The number of nitrogens with two attached hydrogens (primary N) is 1. The topological polar surface area (TPSA) is 26.0 Å². The zero-order valence-electron chi connectivity index (χ0n) is 11.5. The van der Waals surface area contributed by atoms with Crippen LogP contribution in [0.4, 0.5) is 0 Å². The minimum absolute atomic E-state index is 0.140. The van der Waals surface area contributed by atoms with E-state index < -0.39 is 0 Å². The lowest BCUT2D eigenvalue weighted by molar-refractivity contribution is 0.662. The van der Waals surface area contributed by atoms with Crippen LogP contribution >= 0.6 is 11.6 Å². The highest BCUT2D eigenvalue weighted by Crippen LogP contribution is 2.15. The molecule has 0 spiro atoms. The molecule has 2 aromatic rings. The molecule has 2 rings (SSSR count). The first-order valence-corrected chi connectivity index (χ1v) is 6.98. The number of benzene rings is 2. The Kier molecular flexibility index (Phi) is 4.62. The number of halogens is 1. The highest BCUT2D eigenvalue weighted by atomic mass is 35.5. The Balaban J connectivity index is 2.02. The second-order valence-corrected chi connectivity index (χ2v) is 5.66. The van der Waals surface area contributed by atoms with E-state index in [9.17, 15) is 0 Å². The molecule has 0 radical (unpaired) electrons. The van der Waals surface area contributed by atoms with Gasteiger partial charge in [-0.15, -0.1) is 0 Å². The van der Waals surface area contributed by atoms with Gasteiger partial charge in [-0.05, 0) is 55.5 Å². The SMILES string of the molecule is Cc1ccc(C)c(CC(N)Cc2ccc(Cl)cc2)c1. The van der Waals surface area contributed by atoms with E-state index in [1.54, 1.807) is 0 Å². The molecule has 0 heterocycles. The summed E-state index contributed by atoms with van der Waals surface area (Å²) in [6, 6.07) is 14.6. The summed E-state index contributed by atoms with van der Waals surface area (Å²) in [6.07, 6.45) is 1.79. The highest BCUT2D eigenvalue weighted by molar-refractivity contribution is 6.30. The van der Waals surface area contributed by atoms with Gasteiger partial charge in [0, 0.05) is 11.1 Å². The Morgan fingerprint density at radius 2 is 1.68 bits per heavy atom.